The Morgan fingerprint density at radius 1 is 1.18 bits per heavy atom. The van der Waals surface area contributed by atoms with Crippen molar-refractivity contribution in [3.8, 4) is 0 Å². The van der Waals surface area contributed by atoms with Crippen LogP contribution in [0.15, 0.2) is 0 Å². The van der Waals surface area contributed by atoms with Gasteiger partial charge in [0.2, 0.25) is 0 Å². The van der Waals surface area contributed by atoms with Crippen molar-refractivity contribution in [2.24, 2.45) is 0 Å². The van der Waals surface area contributed by atoms with Crippen LogP contribution in [0.5, 0.6) is 0 Å². The van der Waals surface area contributed by atoms with Crippen molar-refractivity contribution in [1.82, 2.24) is 4.90 Å². The van der Waals surface area contributed by atoms with E-state index in [0.717, 1.165) is 19.4 Å². The number of rotatable bonds is 8. The SMILES string of the molecule is CC(OCC1CCCO1)C(=O)OCC(=O)N(C(C)C)C(C)C. The first-order chi connectivity index (χ1) is 10.3. The molecule has 1 amide bonds. The van der Waals surface area contributed by atoms with Gasteiger partial charge in [-0.1, -0.05) is 0 Å². The molecule has 128 valence electrons. The van der Waals surface area contributed by atoms with Gasteiger partial charge in [-0.2, -0.15) is 0 Å². The van der Waals surface area contributed by atoms with Crippen LogP contribution < -0.4 is 0 Å². The van der Waals surface area contributed by atoms with E-state index in [4.69, 9.17) is 14.2 Å². The van der Waals surface area contributed by atoms with Gasteiger partial charge in [0.15, 0.2) is 12.7 Å². The molecule has 1 aliphatic heterocycles. The normalized spacial score (nSPS) is 19.5. The highest BCUT2D eigenvalue weighted by Crippen LogP contribution is 2.13. The average molecular weight is 315 g/mol. The molecule has 0 N–H and O–H groups in total. The minimum Gasteiger partial charge on any atom is -0.454 e. The fraction of sp³-hybridized carbons (Fsp3) is 0.875. The molecule has 1 rings (SSSR count). The van der Waals surface area contributed by atoms with E-state index in [9.17, 15) is 9.59 Å². The Bertz CT molecular complexity index is 356. The predicted octanol–water partition coefficient (Wildman–Crippen LogP) is 1.76. The van der Waals surface area contributed by atoms with Gasteiger partial charge in [-0.25, -0.2) is 4.79 Å². The van der Waals surface area contributed by atoms with Crippen LogP contribution in [-0.4, -0.2) is 60.9 Å². The second-order valence-corrected chi connectivity index (χ2v) is 6.21. The van der Waals surface area contributed by atoms with Gasteiger partial charge >= 0.3 is 5.97 Å². The lowest BCUT2D eigenvalue weighted by Gasteiger charge is -2.30. The Morgan fingerprint density at radius 3 is 2.32 bits per heavy atom. The van der Waals surface area contributed by atoms with Crippen molar-refractivity contribution >= 4 is 11.9 Å². The monoisotopic (exact) mass is 315 g/mol. The summed E-state index contributed by atoms with van der Waals surface area (Å²) in [6.45, 7) is 10.3. The molecule has 22 heavy (non-hydrogen) atoms. The van der Waals surface area contributed by atoms with Gasteiger partial charge < -0.3 is 19.1 Å². The van der Waals surface area contributed by atoms with Crippen LogP contribution in [0.4, 0.5) is 0 Å². The molecule has 1 heterocycles. The van der Waals surface area contributed by atoms with Crippen molar-refractivity contribution in [1.29, 1.82) is 0 Å². The lowest BCUT2D eigenvalue weighted by Crippen LogP contribution is -2.44. The van der Waals surface area contributed by atoms with Crippen molar-refractivity contribution in [2.75, 3.05) is 19.8 Å². The van der Waals surface area contributed by atoms with E-state index in [0.29, 0.717) is 6.61 Å². The van der Waals surface area contributed by atoms with Crippen molar-refractivity contribution in [2.45, 2.75) is 71.8 Å². The third kappa shape index (κ3) is 5.93. The molecule has 0 aromatic carbocycles. The van der Waals surface area contributed by atoms with Crippen LogP contribution in [-0.2, 0) is 23.8 Å². The van der Waals surface area contributed by atoms with E-state index in [2.05, 4.69) is 0 Å². The largest absolute Gasteiger partial charge is 0.454 e. The molecule has 2 unspecified atom stereocenters. The molecule has 6 nitrogen and oxygen atoms in total. The molecule has 0 aromatic heterocycles. The van der Waals surface area contributed by atoms with Gasteiger partial charge in [-0.15, -0.1) is 0 Å². The summed E-state index contributed by atoms with van der Waals surface area (Å²) in [6.07, 6.45) is 1.36. The molecule has 0 aliphatic carbocycles. The standard InChI is InChI=1S/C16H29NO5/c1-11(2)17(12(3)4)15(18)10-22-16(19)13(5)21-9-14-7-6-8-20-14/h11-14H,6-10H2,1-5H3. The highest BCUT2D eigenvalue weighted by atomic mass is 16.6. The molecule has 0 bridgehead atoms. The van der Waals surface area contributed by atoms with Crippen molar-refractivity contribution < 1.29 is 23.8 Å². The summed E-state index contributed by atoms with van der Waals surface area (Å²) >= 11 is 0. The van der Waals surface area contributed by atoms with E-state index >= 15 is 0 Å². The lowest BCUT2D eigenvalue weighted by atomic mass is 10.2. The Balaban J connectivity index is 2.32. The van der Waals surface area contributed by atoms with Gasteiger partial charge in [0.1, 0.15) is 0 Å². The maximum atomic E-state index is 12.1. The van der Waals surface area contributed by atoms with E-state index in [1.807, 2.05) is 27.7 Å². The number of ether oxygens (including phenoxy) is 3. The van der Waals surface area contributed by atoms with Crippen LogP contribution in [0.2, 0.25) is 0 Å². The highest BCUT2D eigenvalue weighted by molar-refractivity contribution is 5.82. The number of carbonyl (C=O) groups excluding carboxylic acids is 2. The minimum atomic E-state index is -0.691. The first-order valence-corrected chi connectivity index (χ1v) is 8.04. The summed E-state index contributed by atoms with van der Waals surface area (Å²) in [5, 5.41) is 0. The summed E-state index contributed by atoms with van der Waals surface area (Å²) in [7, 11) is 0. The van der Waals surface area contributed by atoms with Crippen LogP contribution in [0.1, 0.15) is 47.5 Å². The Morgan fingerprint density at radius 2 is 1.82 bits per heavy atom. The summed E-state index contributed by atoms with van der Waals surface area (Å²) in [6, 6.07) is 0.138. The average Bonchev–Trinajstić information content (AvgIpc) is 2.94. The zero-order chi connectivity index (χ0) is 16.7. The maximum Gasteiger partial charge on any atom is 0.335 e. The summed E-state index contributed by atoms with van der Waals surface area (Å²) in [4.78, 5) is 25.7. The molecular weight excluding hydrogens is 286 g/mol. The van der Waals surface area contributed by atoms with E-state index in [-0.39, 0.29) is 30.7 Å². The Labute approximate surface area is 133 Å². The molecule has 6 heteroatoms. The number of esters is 1. The molecule has 1 fully saturated rings. The number of carbonyl (C=O) groups is 2. The lowest BCUT2D eigenvalue weighted by molar-refractivity contribution is -0.163. The molecule has 2 atom stereocenters. The number of nitrogens with zero attached hydrogens (tertiary/aromatic N) is 1. The molecular formula is C16H29NO5. The second kappa shape index (κ2) is 9.10. The molecule has 0 aromatic rings. The van der Waals surface area contributed by atoms with Gasteiger partial charge in [-0.05, 0) is 47.5 Å². The smallest absolute Gasteiger partial charge is 0.335 e. The fourth-order valence-corrected chi connectivity index (χ4v) is 2.59. The molecule has 1 saturated heterocycles. The van der Waals surface area contributed by atoms with Crippen LogP contribution in [0.3, 0.4) is 0 Å². The predicted molar refractivity (Wildman–Crippen MR) is 82.5 cm³/mol. The number of hydrogen-bond donors (Lipinski definition) is 0. The van der Waals surface area contributed by atoms with Crippen molar-refractivity contribution in [3.63, 3.8) is 0 Å². The topological polar surface area (TPSA) is 65.1 Å². The fourth-order valence-electron chi connectivity index (χ4n) is 2.59. The summed E-state index contributed by atoms with van der Waals surface area (Å²) < 4.78 is 15.9. The van der Waals surface area contributed by atoms with Crippen LogP contribution >= 0.6 is 0 Å². The quantitative estimate of drug-likeness (QED) is 0.639. The molecule has 0 saturated carbocycles. The van der Waals surface area contributed by atoms with Crippen LogP contribution in [0.25, 0.3) is 0 Å². The maximum absolute atomic E-state index is 12.1. The minimum absolute atomic E-state index is 0.0641. The second-order valence-electron chi connectivity index (χ2n) is 6.21. The molecule has 1 aliphatic rings. The number of amides is 1. The number of hydrogen-bond acceptors (Lipinski definition) is 5. The van der Waals surface area contributed by atoms with E-state index in [1.54, 1.807) is 11.8 Å². The summed E-state index contributed by atoms with van der Waals surface area (Å²) in [5.74, 6) is -0.705. The van der Waals surface area contributed by atoms with E-state index < -0.39 is 12.1 Å². The Hall–Kier alpha value is -1.14. The van der Waals surface area contributed by atoms with Gasteiger partial charge in [0.25, 0.3) is 5.91 Å². The van der Waals surface area contributed by atoms with Crippen molar-refractivity contribution in [3.05, 3.63) is 0 Å². The first kappa shape index (κ1) is 18.9. The van der Waals surface area contributed by atoms with E-state index in [1.165, 1.54) is 0 Å². The Kier molecular flexibility index (Phi) is 7.82. The third-order valence-electron chi connectivity index (χ3n) is 3.63. The molecule has 0 spiro atoms. The highest BCUT2D eigenvalue weighted by Gasteiger charge is 2.24. The third-order valence-corrected chi connectivity index (χ3v) is 3.63. The van der Waals surface area contributed by atoms with Gasteiger partial charge in [0, 0.05) is 18.7 Å². The first-order valence-electron chi connectivity index (χ1n) is 8.04. The van der Waals surface area contributed by atoms with Crippen LogP contribution in [0, 0.1) is 0 Å². The van der Waals surface area contributed by atoms with Gasteiger partial charge in [-0.3, -0.25) is 4.79 Å². The zero-order valence-electron chi connectivity index (χ0n) is 14.3. The zero-order valence-corrected chi connectivity index (χ0v) is 14.3. The molecule has 0 radical (unpaired) electrons. The summed E-state index contributed by atoms with van der Waals surface area (Å²) in [5.41, 5.74) is 0. The van der Waals surface area contributed by atoms with Gasteiger partial charge in [0.05, 0.1) is 12.7 Å².